The first-order valence-corrected chi connectivity index (χ1v) is 3.71. The average Bonchev–Trinajstić information content (AvgIpc) is 2.12. The number of hydrogen-bond acceptors (Lipinski definition) is 5. The van der Waals surface area contributed by atoms with E-state index in [1.165, 1.54) is 13.0 Å². The molecule has 0 spiro atoms. The Labute approximate surface area is 79.3 Å². The van der Waals surface area contributed by atoms with Crippen molar-refractivity contribution in [2.45, 2.75) is 6.92 Å². The van der Waals surface area contributed by atoms with E-state index in [9.17, 15) is 15.2 Å². The summed E-state index contributed by atoms with van der Waals surface area (Å²) in [5.74, 6) is -0.131. The van der Waals surface area contributed by atoms with E-state index in [2.05, 4.69) is 5.16 Å². The molecule has 74 valence electrons. The topological polar surface area (TPSA) is 96.0 Å². The van der Waals surface area contributed by atoms with E-state index in [1.807, 2.05) is 0 Å². The first kappa shape index (κ1) is 9.97. The fraction of sp³-hybridized carbons (Fsp3) is 0.125. The van der Waals surface area contributed by atoms with Crippen LogP contribution in [0.25, 0.3) is 0 Å². The summed E-state index contributed by atoms with van der Waals surface area (Å²) in [5.41, 5.74) is 0.309. The van der Waals surface area contributed by atoms with Crippen molar-refractivity contribution >= 4 is 11.9 Å². The van der Waals surface area contributed by atoms with Gasteiger partial charge in [-0.15, -0.1) is 0 Å². The Balaban J connectivity index is 3.35. The second-order valence-electron chi connectivity index (χ2n) is 2.70. The minimum Gasteiger partial charge on any atom is -0.507 e. The number of non-ortho nitro benzene ring substituents is 1. The highest BCUT2D eigenvalue weighted by Gasteiger charge is 2.12. The highest BCUT2D eigenvalue weighted by molar-refractivity contribution is 5.84. The Hall–Kier alpha value is -2.11. The van der Waals surface area contributed by atoms with Gasteiger partial charge in [0.15, 0.2) is 0 Å². The molecule has 0 saturated carbocycles. The van der Waals surface area contributed by atoms with Gasteiger partial charge in [0.1, 0.15) is 5.75 Å². The number of phenols is 1. The van der Waals surface area contributed by atoms with Crippen LogP contribution in [0.15, 0.2) is 17.3 Å². The largest absolute Gasteiger partial charge is 0.507 e. The van der Waals surface area contributed by atoms with Gasteiger partial charge in [-0.2, -0.15) is 0 Å². The summed E-state index contributed by atoms with van der Waals surface area (Å²) in [6, 6.07) is 2.37. The molecule has 1 rings (SSSR count). The summed E-state index contributed by atoms with van der Waals surface area (Å²) in [6.07, 6.45) is 0.940. The van der Waals surface area contributed by atoms with E-state index in [-0.39, 0.29) is 17.0 Å². The molecule has 0 radical (unpaired) electrons. The zero-order valence-electron chi connectivity index (χ0n) is 7.34. The van der Waals surface area contributed by atoms with Crippen molar-refractivity contribution in [2.24, 2.45) is 5.16 Å². The zero-order valence-corrected chi connectivity index (χ0v) is 7.34. The number of nitrogens with zero attached hydrogens (tertiary/aromatic N) is 2. The number of oxime groups is 1. The molecule has 0 aliphatic rings. The number of aromatic hydroxyl groups is 1. The minimum absolute atomic E-state index is 0.110. The Bertz CT molecular complexity index is 401. The molecule has 14 heavy (non-hydrogen) atoms. The lowest BCUT2D eigenvalue weighted by Gasteiger charge is -2.01. The van der Waals surface area contributed by atoms with Crippen molar-refractivity contribution in [1.82, 2.24) is 0 Å². The normalized spacial score (nSPS) is 10.6. The molecule has 6 nitrogen and oxygen atoms in total. The van der Waals surface area contributed by atoms with Crippen LogP contribution in [0.3, 0.4) is 0 Å². The van der Waals surface area contributed by atoms with E-state index < -0.39 is 4.92 Å². The number of rotatable bonds is 2. The third-order valence-corrected chi connectivity index (χ3v) is 1.72. The predicted molar refractivity (Wildman–Crippen MR) is 48.9 cm³/mol. The summed E-state index contributed by atoms with van der Waals surface area (Å²) in [7, 11) is 0. The molecule has 2 N–H and O–H groups in total. The number of phenolic OH excluding ortho intramolecular Hbond substituents is 1. The molecule has 1 aromatic rings. The number of nitro benzene ring substituents is 1. The third kappa shape index (κ3) is 1.79. The smallest absolute Gasteiger partial charge is 0.270 e. The van der Waals surface area contributed by atoms with Gasteiger partial charge in [-0.1, -0.05) is 5.16 Å². The monoisotopic (exact) mass is 196 g/mol. The van der Waals surface area contributed by atoms with Gasteiger partial charge in [-0.3, -0.25) is 10.1 Å². The molecule has 0 bridgehead atoms. The maximum Gasteiger partial charge on any atom is 0.270 e. The van der Waals surface area contributed by atoms with Gasteiger partial charge in [0.05, 0.1) is 11.1 Å². The van der Waals surface area contributed by atoms with Crippen LogP contribution in [0.2, 0.25) is 0 Å². The fourth-order valence-electron chi connectivity index (χ4n) is 1.05. The van der Waals surface area contributed by atoms with Crippen molar-refractivity contribution in [2.75, 3.05) is 0 Å². The maximum absolute atomic E-state index is 10.4. The van der Waals surface area contributed by atoms with Crippen LogP contribution in [0, 0.1) is 17.0 Å². The summed E-state index contributed by atoms with van der Waals surface area (Å²) in [5, 5.41) is 30.8. The molecule has 0 unspecified atom stereocenters. The van der Waals surface area contributed by atoms with Gasteiger partial charge < -0.3 is 10.3 Å². The molecule has 0 aromatic heterocycles. The SMILES string of the molecule is Cc1cc([N+](=O)[O-])cc(/C=N\O)c1O. The number of aryl methyl sites for hydroxylation is 1. The number of hydrogen-bond donors (Lipinski definition) is 2. The van der Waals surface area contributed by atoms with Gasteiger partial charge in [-0.05, 0) is 12.5 Å². The fourth-order valence-corrected chi connectivity index (χ4v) is 1.05. The quantitative estimate of drug-likeness (QED) is 0.323. The van der Waals surface area contributed by atoms with Gasteiger partial charge in [0.2, 0.25) is 0 Å². The lowest BCUT2D eigenvalue weighted by atomic mass is 10.1. The molecule has 0 heterocycles. The molecule has 0 aliphatic carbocycles. The van der Waals surface area contributed by atoms with Crippen molar-refractivity contribution in [3.05, 3.63) is 33.4 Å². The van der Waals surface area contributed by atoms with Gasteiger partial charge in [0.25, 0.3) is 5.69 Å². The van der Waals surface area contributed by atoms with Crippen LogP contribution in [0.4, 0.5) is 5.69 Å². The lowest BCUT2D eigenvalue weighted by molar-refractivity contribution is -0.384. The van der Waals surface area contributed by atoms with Crippen LogP contribution in [0.5, 0.6) is 5.75 Å². The van der Waals surface area contributed by atoms with Crippen LogP contribution < -0.4 is 0 Å². The van der Waals surface area contributed by atoms with Crippen LogP contribution in [-0.2, 0) is 0 Å². The van der Waals surface area contributed by atoms with Gasteiger partial charge in [0, 0.05) is 17.7 Å². The van der Waals surface area contributed by atoms with Gasteiger partial charge in [-0.25, -0.2) is 0 Å². The molecular formula is C8H8N2O4. The molecule has 0 fully saturated rings. The third-order valence-electron chi connectivity index (χ3n) is 1.72. The molecule has 0 amide bonds. The molecule has 1 aromatic carbocycles. The molecule has 0 atom stereocenters. The van der Waals surface area contributed by atoms with E-state index in [4.69, 9.17) is 5.21 Å². The molecule has 0 saturated heterocycles. The summed E-state index contributed by atoms with van der Waals surface area (Å²) >= 11 is 0. The first-order chi connectivity index (χ1) is 6.56. The van der Waals surface area contributed by atoms with Crippen molar-refractivity contribution in [1.29, 1.82) is 0 Å². The highest BCUT2D eigenvalue weighted by atomic mass is 16.6. The van der Waals surface area contributed by atoms with Crippen molar-refractivity contribution < 1.29 is 15.2 Å². The standard InChI is InChI=1S/C8H8N2O4/c1-5-2-7(10(13)14)3-6(4-9-12)8(5)11/h2-4,11-12H,1H3/b9-4-. The van der Waals surface area contributed by atoms with Crippen molar-refractivity contribution in [3.8, 4) is 5.75 Å². The Kier molecular flexibility index (Phi) is 2.66. The average molecular weight is 196 g/mol. The summed E-state index contributed by atoms with van der Waals surface area (Å²) in [6.45, 7) is 1.52. The summed E-state index contributed by atoms with van der Waals surface area (Å²) in [4.78, 5) is 9.86. The molecule has 0 aliphatic heterocycles. The Morgan fingerprint density at radius 1 is 1.57 bits per heavy atom. The zero-order chi connectivity index (χ0) is 10.7. The van der Waals surface area contributed by atoms with E-state index >= 15 is 0 Å². The van der Waals surface area contributed by atoms with Crippen molar-refractivity contribution in [3.63, 3.8) is 0 Å². The van der Waals surface area contributed by atoms with E-state index in [1.54, 1.807) is 0 Å². The molecular weight excluding hydrogens is 188 g/mol. The second-order valence-corrected chi connectivity index (χ2v) is 2.70. The Morgan fingerprint density at radius 3 is 2.71 bits per heavy atom. The van der Waals surface area contributed by atoms with Crippen LogP contribution in [-0.4, -0.2) is 21.5 Å². The highest BCUT2D eigenvalue weighted by Crippen LogP contribution is 2.26. The summed E-state index contributed by atoms with van der Waals surface area (Å²) < 4.78 is 0. The van der Waals surface area contributed by atoms with Crippen LogP contribution in [0.1, 0.15) is 11.1 Å². The molecule has 6 heteroatoms. The Morgan fingerprint density at radius 2 is 2.21 bits per heavy atom. The second kappa shape index (κ2) is 3.73. The maximum atomic E-state index is 10.4. The van der Waals surface area contributed by atoms with Crippen LogP contribution >= 0.6 is 0 Å². The predicted octanol–water partition coefficient (Wildman–Crippen LogP) is 1.42. The first-order valence-electron chi connectivity index (χ1n) is 3.71. The lowest BCUT2D eigenvalue weighted by Crippen LogP contribution is -1.93. The van der Waals surface area contributed by atoms with Gasteiger partial charge >= 0.3 is 0 Å². The number of nitro groups is 1. The van der Waals surface area contributed by atoms with E-state index in [0.29, 0.717) is 5.56 Å². The number of benzene rings is 1. The van der Waals surface area contributed by atoms with E-state index in [0.717, 1.165) is 12.3 Å². The minimum atomic E-state index is -0.582.